The largest absolute Gasteiger partial charge is 0.331 e. The lowest BCUT2D eigenvalue weighted by molar-refractivity contribution is 0.0615. The summed E-state index contributed by atoms with van der Waals surface area (Å²) < 4.78 is 1.80. The van der Waals surface area contributed by atoms with Crippen molar-refractivity contribution in [2.24, 2.45) is 0 Å². The first kappa shape index (κ1) is 18.5. The summed E-state index contributed by atoms with van der Waals surface area (Å²) in [6.45, 7) is 3.35. The summed E-state index contributed by atoms with van der Waals surface area (Å²) in [6.07, 6.45) is 9.57. The van der Waals surface area contributed by atoms with Crippen LogP contribution in [0.1, 0.15) is 64.8 Å². The predicted octanol–water partition coefficient (Wildman–Crippen LogP) is 3.87. The van der Waals surface area contributed by atoms with Crippen LogP contribution in [0.15, 0.2) is 29.3 Å². The van der Waals surface area contributed by atoms with Gasteiger partial charge in [-0.25, -0.2) is 4.98 Å². The molecule has 2 aliphatic heterocycles. The fraction of sp³-hybridized carbons (Fsp3) is 0.455. The summed E-state index contributed by atoms with van der Waals surface area (Å²) in [7, 11) is 0. The molecule has 1 fully saturated rings. The van der Waals surface area contributed by atoms with Crippen LogP contribution >= 0.6 is 11.3 Å². The molecular formula is C22H24N4O2S. The van der Waals surface area contributed by atoms with Crippen molar-refractivity contribution in [2.45, 2.75) is 58.0 Å². The minimum Gasteiger partial charge on any atom is -0.331 e. The second-order valence-electron chi connectivity index (χ2n) is 7.97. The van der Waals surface area contributed by atoms with Crippen molar-refractivity contribution in [1.29, 1.82) is 0 Å². The Balaban J connectivity index is 1.58. The maximum Gasteiger partial charge on any atom is 0.264 e. The van der Waals surface area contributed by atoms with E-state index in [1.165, 1.54) is 11.3 Å². The Labute approximate surface area is 173 Å². The summed E-state index contributed by atoms with van der Waals surface area (Å²) in [5.74, 6) is 0.877. The van der Waals surface area contributed by atoms with Crippen molar-refractivity contribution in [3.8, 4) is 0 Å². The van der Waals surface area contributed by atoms with Crippen molar-refractivity contribution in [1.82, 2.24) is 19.4 Å². The number of fused-ring (bicyclic) bond motifs is 2. The number of aromatic nitrogens is 3. The molecule has 5 heterocycles. The van der Waals surface area contributed by atoms with Gasteiger partial charge in [-0.15, -0.1) is 11.3 Å². The van der Waals surface area contributed by atoms with E-state index >= 15 is 0 Å². The van der Waals surface area contributed by atoms with Gasteiger partial charge in [-0.3, -0.25) is 19.1 Å². The molecule has 0 saturated carbocycles. The van der Waals surface area contributed by atoms with Crippen LogP contribution in [0.4, 0.5) is 0 Å². The fourth-order valence-electron chi connectivity index (χ4n) is 4.66. The van der Waals surface area contributed by atoms with Crippen molar-refractivity contribution in [3.63, 3.8) is 0 Å². The quantitative estimate of drug-likeness (QED) is 0.646. The molecule has 29 heavy (non-hydrogen) atoms. The summed E-state index contributed by atoms with van der Waals surface area (Å²) in [6, 6.07) is 4.01. The Morgan fingerprint density at radius 3 is 2.90 bits per heavy atom. The van der Waals surface area contributed by atoms with Gasteiger partial charge >= 0.3 is 0 Å². The lowest BCUT2D eigenvalue weighted by Gasteiger charge is -2.35. The second-order valence-corrected chi connectivity index (χ2v) is 8.97. The number of thiophene rings is 1. The topological polar surface area (TPSA) is 68.1 Å². The molecule has 0 spiro atoms. The zero-order valence-electron chi connectivity index (χ0n) is 16.6. The lowest BCUT2D eigenvalue weighted by atomic mass is 9.96. The van der Waals surface area contributed by atoms with Crippen LogP contribution in [0, 0.1) is 6.92 Å². The zero-order chi connectivity index (χ0) is 20.0. The van der Waals surface area contributed by atoms with Gasteiger partial charge < -0.3 is 4.90 Å². The van der Waals surface area contributed by atoms with E-state index in [2.05, 4.69) is 4.98 Å². The first-order chi connectivity index (χ1) is 14.1. The van der Waals surface area contributed by atoms with Gasteiger partial charge in [0.1, 0.15) is 10.7 Å². The van der Waals surface area contributed by atoms with Gasteiger partial charge in [0.2, 0.25) is 0 Å². The first-order valence-corrected chi connectivity index (χ1v) is 11.2. The highest BCUT2D eigenvalue weighted by Crippen LogP contribution is 2.35. The molecule has 6 nitrogen and oxygen atoms in total. The van der Waals surface area contributed by atoms with E-state index in [-0.39, 0.29) is 17.5 Å². The van der Waals surface area contributed by atoms with Crippen LogP contribution in [-0.2, 0) is 13.0 Å². The molecule has 0 N–H and O–H groups in total. The summed E-state index contributed by atoms with van der Waals surface area (Å²) in [5.41, 5.74) is 1.87. The van der Waals surface area contributed by atoms with Gasteiger partial charge in [0, 0.05) is 31.9 Å². The number of piperidine rings is 1. The molecule has 1 saturated heterocycles. The van der Waals surface area contributed by atoms with Crippen molar-refractivity contribution in [2.75, 3.05) is 6.54 Å². The van der Waals surface area contributed by atoms with Crippen LogP contribution in [0.25, 0.3) is 10.2 Å². The van der Waals surface area contributed by atoms with Crippen LogP contribution in [-0.4, -0.2) is 31.9 Å². The molecule has 0 aromatic carbocycles. The molecule has 7 heteroatoms. The molecule has 0 radical (unpaired) electrons. The van der Waals surface area contributed by atoms with E-state index < -0.39 is 0 Å². The third-order valence-electron chi connectivity index (χ3n) is 6.19. The van der Waals surface area contributed by atoms with Crippen LogP contribution < -0.4 is 5.56 Å². The number of aryl methyl sites for hydroxylation is 2. The second kappa shape index (κ2) is 7.37. The maximum absolute atomic E-state index is 13.6. The standard InChI is InChI=1S/C22H24N4O2S/c1-14-18-20(24-17-9-3-5-12-26(17)21(18)27)29-19(14)22(28)25-11-4-2-8-16(25)15-7-6-10-23-13-15/h6-7,10,13,16H,2-5,8-9,11-12H2,1H3. The van der Waals surface area contributed by atoms with E-state index in [0.717, 1.165) is 68.6 Å². The van der Waals surface area contributed by atoms with Gasteiger partial charge in [0.25, 0.3) is 11.5 Å². The van der Waals surface area contributed by atoms with Crippen molar-refractivity contribution in [3.05, 3.63) is 56.7 Å². The van der Waals surface area contributed by atoms with Gasteiger partial charge in [-0.05, 0) is 56.2 Å². The zero-order valence-corrected chi connectivity index (χ0v) is 17.4. The number of nitrogens with zero attached hydrogens (tertiary/aromatic N) is 4. The van der Waals surface area contributed by atoms with Gasteiger partial charge in [-0.1, -0.05) is 6.07 Å². The third-order valence-corrected chi connectivity index (χ3v) is 7.36. The fourth-order valence-corrected chi connectivity index (χ4v) is 5.81. The molecule has 1 amide bonds. The SMILES string of the molecule is Cc1c(C(=O)N2CCCCC2c2cccnc2)sc2nc3n(c(=O)c12)CCCC3. The number of hydrogen-bond donors (Lipinski definition) is 0. The van der Waals surface area contributed by atoms with Gasteiger partial charge in [-0.2, -0.15) is 0 Å². The number of pyridine rings is 1. The molecule has 3 aromatic rings. The summed E-state index contributed by atoms with van der Waals surface area (Å²) in [5, 5.41) is 0.624. The van der Waals surface area contributed by atoms with E-state index in [9.17, 15) is 9.59 Å². The minimum atomic E-state index is 0.0138. The first-order valence-electron chi connectivity index (χ1n) is 10.4. The average molecular weight is 409 g/mol. The lowest BCUT2D eigenvalue weighted by Crippen LogP contribution is -2.38. The average Bonchev–Trinajstić information content (AvgIpc) is 3.10. The van der Waals surface area contributed by atoms with Crippen molar-refractivity contribution < 1.29 is 4.79 Å². The number of rotatable bonds is 2. The molecule has 1 unspecified atom stereocenters. The maximum atomic E-state index is 13.6. The Morgan fingerprint density at radius 2 is 2.07 bits per heavy atom. The highest BCUT2D eigenvalue weighted by molar-refractivity contribution is 7.20. The smallest absolute Gasteiger partial charge is 0.264 e. The van der Waals surface area contributed by atoms with E-state index in [1.54, 1.807) is 10.8 Å². The molecule has 5 rings (SSSR count). The van der Waals surface area contributed by atoms with Crippen LogP contribution in [0.3, 0.4) is 0 Å². The number of carbonyl (C=O) groups is 1. The van der Waals surface area contributed by atoms with E-state index in [1.807, 2.05) is 30.2 Å². The van der Waals surface area contributed by atoms with Gasteiger partial charge in [0.15, 0.2) is 0 Å². The monoisotopic (exact) mass is 408 g/mol. The Hall–Kier alpha value is -2.54. The molecule has 0 aliphatic carbocycles. The molecule has 1 atom stereocenters. The number of amides is 1. The van der Waals surface area contributed by atoms with E-state index in [4.69, 9.17) is 4.98 Å². The number of carbonyl (C=O) groups excluding carboxylic acids is 1. The molecule has 0 bridgehead atoms. The highest BCUT2D eigenvalue weighted by atomic mass is 32.1. The van der Waals surface area contributed by atoms with Crippen LogP contribution in [0.5, 0.6) is 0 Å². The van der Waals surface area contributed by atoms with Crippen LogP contribution in [0.2, 0.25) is 0 Å². The Bertz CT molecular complexity index is 1140. The molecule has 150 valence electrons. The Morgan fingerprint density at radius 1 is 1.21 bits per heavy atom. The summed E-state index contributed by atoms with van der Waals surface area (Å²) in [4.78, 5) is 39.0. The number of likely N-dealkylation sites (tertiary alicyclic amines) is 1. The number of hydrogen-bond acceptors (Lipinski definition) is 5. The van der Waals surface area contributed by atoms with E-state index in [0.29, 0.717) is 15.1 Å². The van der Waals surface area contributed by atoms with Gasteiger partial charge in [0.05, 0.1) is 16.3 Å². The normalized spacial score (nSPS) is 19.3. The molecule has 2 aliphatic rings. The Kier molecular flexibility index (Phi) is 4.70. The van der Waals surface area contributed by atoms with Crippen molar-refractivity contribution >= 4 is 27.5 Å². The molecular weight excluding hydrogens is 384 g/mol. The predicted molar refractivity (Wildman–Crippen MR) is 113 cm³/mol. The third kappa shape index (κ3) is 3.08. The molecule has 3 aromatic heterocycles. The highest BCUT2D eigenvalue weighted by Gasteiger charge is 2.32. The minimum absolute atomic E-state index is 0.0138. The summed E-state index contributed by atoms with van der Waals surface area (Å²) >= 11 is 1.38.